The van der Waals surface area contributed by atoms with Gasteiger partial charge in [-0.25, -0.2) is 14.2 Å². The molecule has 186 valence electrons. The van der Waals surface area contributed by atoms with Crippen LogP contribution in [-0.4, -0.2) is 89.0 Å². The van der Waals surface area contributed by atoms with Gasteiger partial charge in [0.15, 0.2) is 0 Å². The Bertz CT molecular complexity index is 630. The molecule has 0 fully saturated rings. The lowest BCUT2D eigenvalue weighted by Gasteiger charge is -2.20. The minimum absolute atomic E-state index is 0.121. The summed E-state index contributed by atoms with van der Waals surface area (Å²) < 4.78 is 50.4. The van der Waals surface area contributed by atoms with E-state index in [9.17, 15) is 18.9 Å². The van der Waals surface area contributed by atoms with Gasteiger partial charge < -0.3 is 34.3 Å². The lowest BCUT2D eigenvalue weighted by atomic mass is 10.5. The summed E-state index contributed by atoms with van der Waals surface area (Å²) in [5, 5.41) is 0. The monoisotopic (exact) mass is 485 g/mol. The van der Waals surface area contributed by atoms with Crippen molar-refractivity contribution in [3.05, 3.63) is 0 Å². The number of rotatable bonds is 15. The van der Waals surface area contributed by atoms with Crippen molar-refractivity contribution in [1.82, 2.24) is 4.90 Å². The molecule has 0 rings (SSSR count). The molecule has 0 spiro atoms. The highest BCUT2D eigenvalue weighted by Crippen LogP contribution is 2.49. The summed E-state index contributed by atoms with van der Waals surface area (Å²) in [6.07, 6.45) is -1.21. The topological polar surface area (TPSA) is 175 Å². The van der Waals surface area contributed by atoms with Gasteiger partial charge in [0.05, 0.1) is 33.0 Å². The van der Waals surface area contributed by atoms with Gasteiger partial charge in [0, 0.05) is 7.05 Å². The molecule has 0 amide bonds. The van der Waals surface area contributed by atoms with Crippen LogP contribution in [0.2, 0.25) is 0 Å². The Morgan fingerprint density at radius 3 is 1.75 bits per heavy atom. The molecule has 0 saturated carbocycles. The number of nitrogens with zero attached hydrogens (tertiary/aromatic N) is 2. The molecule has 15 heteroatoms. The normalized spacial score (nSPS) is 11.4. The summed E-state index contributed by atoms with van der Waals surface area (Å²) in [6.45, 7) is 3.93. The molecule has 0 unspecified atom stereocenters. The van der Waals surface area contributed by atoms with Gasteiger partial charge in [0.2, 0.25) is 5.96 Å². The van der Waals surface area contributed by atoms with Crippen LogP contribution in [0.1, 0.15) is 27.2 Å². The van der Waals surface area contributed by atoms with Crippen molar-refractivity contribution in [2.75, 3.05) is 59.8 Å². The van der Waals surface area contributed by atoms with Gasteiger partial charge in [-0.2, -0.15) is 0 Å². The van der Waals surface area contributed by atoms with Crippen molar-refractivity contribution < 1.29 is 51.7 Å². The second kappa shape index (κ2) is 17.0. The third kappa shape index (κ3) is 14.4. The summed E-state index contributed by atoms with van der Waals surface area (Å²) in [6, 6.07) is 0. The van der Waals surface area contributed by atoms with Crippen molar-refractivity contribution in [1.29, 1.82) is 0 Å². The minimum atomic E-state index is -4.24. The number of esters is 1. The molecule has 0 heterocycles. The fourth-order valence-corrected chi connectivity index (χ4v) is 2.91. The first-order valence-electron chi connectivity index (χ1n) is 9.88. The van der Waals surface area contributed by atoms with Gasteiger partial charge in [0.25, 0.3) is 0 Å². The van der Waals surface area contributed by atoms with Crippen LogP contribution in [0.5, 0.6) is 0 Å². The summed E-state index contributed by atoms with van der Waals surface area (Å²) in [5.41, 5.74) is 5.79. The molecule has 0 bridgehead atoms. The van der Waals surface area contributed by atoms with Gasteiger partial charge >= 0.3 is 26.0 Å². The second-order valence-electron chi connectivity index (χ2n) is 5.73. The van der Waals surface area contributed by atoms with E-state index in [-0.39, 0.29) is 58.8 Å². The second-order valence-corrected chi connectivity index (χ2v) is 7.39. The predicted molar refractivity (Wildman–Crippen MR) is 111 cm³/mol. The van der Waals surface area contributed by atoms with Gasteiger partial charge in [-0.3, -0.25) is 13.8 Å². The number of likely N-dealkylation sites (N-methyl/N-ethyl adjacent to an activating group) is 1. The molecule has 0 aromatic heterocycles. The molecule has 32 heavy (non-hydrogen) atoms. The average Bonchev–Trinajstić information content (AvgIpc) is 2.73. The first kappa shape index (κ1) is 29.4. The number of hydrogen-bond donors (Lipinski definition) is 1. The van der Waals surface area contributed by atoms with E-state index < -0.39 is 26.0 Å². The highest BCUT2D eigenvalue weighted by Gasteiger charge is 2.27. The highest BCUT2D eigenvalue weighted by molar-refractivity contribution is 7.52. The first-order valence-corrected chi connectivity index (χ1v) is 11.4. The number of hydrogen-bond acceptors (Lipinski definition) is 11. The van der Waals surface area contributed by atoms with Crippen LogP contribution in [0.4, 0.5) is 9.59 Å². The van der Waals surface area contributed by atoms with Crippen molar-refractivity contribution in [3.8, 4) is 0 Å². The molecule has 0 aliphatic rings. The van der Waals surface area contributed by atoms with Crippen LogP contribution >= 0.6 is 7.75 Å². The Balaban J connectivity index is 4.98. The standard InChI is InChI=1S/C17H32N3O11P/c1-5-8-27-14(21)13-20(4)15(18)19-32(24,30-11-9-28-16(22)25-6-2)31-12-10-29-17(23)26-7-3/h5-13H2,1-4H3,(H2,18,19,24). The summed E-state index contributed by atoms with van der Waals surface area (Å²) in [7, 11) is -2.82. The Hall–Kier alpha value is -2.57. The zero-order chi connectivity index (χ0) is 24.4. The molecule has 0 aliphatic heterocycles. The van der Waals surface area contributed by atoms with E-state index >= 15 is 0 Å². The van der Waals surface area contributed by atoms with Crippen LogP contribution in [0.3, 0.4) is 0 Å². The Kier molecular flexibility index (Phi) is 15.7. The maximum atomic E-state index is 12.9. The Morgan fingerprint density at radius 2 is 1.31 bits per heavy atom. The Labute approximate surface area is 186 Å². The largest absolute Gasteiger partial charge is 0.508 e. The third-order valence-electron chi connectivity index (χ3n) is 3.09. The van der Waals surface area contributed by atoms with Crippen molar-refractivity contribution in [2.45, 2.75) is 27.2 Å². The maximum Gasteiger partial charge on any atom is 0.508 e. The first-order chi connectivity index (χ1) is 15.2. The molecule has 0 aliphatic carbocycles. The summed E-state index contributed by atoms with van der Waals surface area (Å²) in [4.78, 5) is 35.3. The zero-order valence-corrected chi connectivity index (χ0v) is 19.7. The van der Waals surface area contributed by atoms with E-state index in [4.69, 9.17) is 29.0 Å². The van der Waals surface area contributed by atoms with E-state index in [2.05, 4.69) is 14.2 Å². The van der Waals surface area contributed by atoms with Crippen LogP contribution < -0.4 is 5.73 Å². The molecule has 0 atom stereocenters. The van der Waals surface area contributed by atoms with Crippen LogP contribution in [0.15, 0.2) is 4.76 Å². The van der Waals surface area contributed by atoms with Gasteiger partial charge in [-0.15, -0.1) is 4.76 Å². The van der Waals surface area contributed by atoms with E-state index in [1.54, 1.807) is 13.8 Å². The minimum Gasteiger partial charge on any atom is -0.464 e. The average molecular weight is 485 g/mol. The molecular formula is C17H32N3O11P. The quantitative estimate of drug-likeness (QED) is 0.0886. The van der Waals surface area contributed by atoms with Crippen LogP contribution in [0.25, 0.3) is 0 Å². The zero-order valence-electron chi connectivity index (χ0n) is 18.8. The number of carbonyl (C=O) groups is 3. The van der Waals surface area contributed by atoms with E-state index in [0.717, 1.165) is 0 Å². The van der Waals surface area contributed by atoms with E-state index in [1.807, 2.05) is 6.92 Å². The fraction of sp³-hybridized carbons (Fsp3) is 0.765. The molecule has 0 saturated heterocycles. The Morgan fingerprint density at radius 1 is 0.812 bits per heavy atom. The molecular weight excluding hydrogens is 453 g/mol. The van der Waals surface area contributed by atoms with Gasteiger partial charge in [0.1, 0.15) is 19.8 Å². The predicted octanol–water partition coefficient (Wildman–Crippen LogP) is 1.67. The van der Waals surface area contributed by atoms with Crippen LogP contribution in [-0.2, 0) is 42.1 Å². The molecule has 0 radical (unpaired) electrons. The van der Waals surface area contributed by atoms with E-state index in [1.165, 1.54) is 11.9 Å². The number of nitrogens with two attached hydrogens (primary N) is 1. The SMILES string of the molecule is CCCOC(=O)CN(C)/C(N)=N/P(=O)(OCCOC(=O)OCC)OCCOC(=O)OCC. The highest BCUT2D eigenvalue weighted by atomic mass is 31.2. The smallest absolute Gasteiger partial charge is 0.464 e. The summed E-state index contributed by atoms with van der Waals surface area (Å²) >= 11 is 0. The van der Waals surface area contributed by atoms with E-state index in [0.29, 0.717) is 6.42 Å². The molecule has 2 N–H and O–H groups in total. The molecule has 0 aromatic rings. The number of guanidine groups is 1. The van der Waals surface area contributed by atoms with Gasteiger partial charge in [-0.1, -0.05) is 6.92 Å². The summed E-state index contributed by atoms with van der Waals surface area (Å²) in [5.74, 6) is -0.894. The fourth-order valence-electron chi connectivity index (χ4n) is 1.71. The number of carbonyl (C=O) groups excluding carboxylic acids is 3. The van der Waals surface area contributed by atoms with Crippen molar-refractivity contribution in [3.63, 3.8) is 0 Å². The lowest BCUT2D eigenvalue weighted by molar-refractivity contribution is -0.143. The third-order valence-corrected chi connectivity index (χ3v) is 4.56. The molecule has 14 nitrogen and oxygen atoms in total. The maximum absolute atomic E-state index is 12.9. The van der Waals surface area contributed by atoms with Gasteiger partial charge in [-0.05, 0) is 20.3 Å². The lowest BCUT2D eigenvalue weighted by Crippen LogP contribution is -2.38. The van der Waals surface area contributed by atoms with Crippen molar-refractivity contribution >= 4 is 32.0 Å². The molecule has 0 aromatic carbocycles. The van der Waals surface area contributed by atoms with Crippen LogP contribution in [0, 0.1) is 0 Å². The van der Waals surface area contributed by atoms with Crippen molar-refractivity contribution in [2.24, 2.45) is 10.5 Å². The number of ether oxygens (including phenoxy) is 5.